The van der Waals surface area contributed by atoms with E-state index >= 15 is 0 Å². The van der Waals surface area contributed by atoms with Crippen LogP contribution in [0.5, 0.6) is 5.75 Å². The molecular formula is C8H9N3O. The van der Waals surface area contributed by atoms with Crippen LogP contribution in [0.25, 0.3) is 0 Å². The van der Waals surface area contributed by atoms with E-state index in [-0.39, 0.29) is 0 Å². The lowest BCUT2D eigenvalue weighted by atomic mass is 10.2. The molecule has 0 aliphatic rings. The molecule has 62 valence electrons. The third-order valence-electron chi connectivity index (χ3n) is 1.52. The van der Waals surface area contributed by atoms with Gasteiger partial charge in [0.2, 0.25) is 0 Å². The lowest BCUT2D eigenvalue weighted by molar-refractivity contribution is 0.417. The average Bonchev–Trinajstić information content (AvgIpc) is 2.09. The molecule has 0 saturated carbocycles. The van der Waals surface area contributed by atoms with Gasteiger partial charge in [-0.2, -0.15) is 5.26 Å². The molecule has 0 amide bonds. The van der Waals surface area contributed by atoms with Crippen molar-refractivity contribution in [3.05, 3.63) is 17.7 Å². The van der Waals surface area contributed by atoms with Gasteiger partial charge in [0.05, 0.1) is 30.1 Å². The topological polar surface area (TPSA) is 85.1 Å². The van der Waals surface area contributed by atoms with Gasteiger partial charge in [0.1, 0.15) is 5.75 Å². The molecule has 0 spiro atoms. The maximum absolute atomic E-state index is 8.57. The second-order valence-electron chi connectivity index (χ2n) is 2.29. The molecule has 0 aromatic heterocycles. The first-order chi connectivity index (χ1) is 5.69. The first kappa shape index (κ1) is 8.21. The summed E-state index contributed by atoms with van der Waals surface area (Å²) in [6.07, 6.45) is 0. The summed E-state index contributed by atoms with van der Waals surface area (Å²) >= 11 is 0. The van der Waals surface area contributed by atoms with Gasteiger partial charge in [0, 0.05) is 6.07 Å². The van der Waals surface area contributed by atoms with E-state index in [0.29, 0.717) is 22.7 Å². The van der Waals surface area contributed by atoms with Crippen molar-refractivity contribution in [3.8, 4) is 11.8 Å². The minimum atomic E-state index is 0.367. The van der Waals surface area contributed by atoms with Gasteiger partial charge < -0.3 is 16.2 Å². The lowest BCUT2D eigenvalue weighted by Gasteiger charge is -2.06. The van der Waals surface area contributed by atoms with Crippen LogP contribution >= 0.6 is 0 Å². The predicted molar refractivity (Wildman–Crippen MR) is 46.5 cm³/mol. The van der Waals surface area contributed by atoms with Gasteiger partial charge in [0.25, 0.3) is 0 Å². The van der Waals surface area contributed by atoms with Crippen molar-refractivity contribution in [2.75, 3.05) is 18.6 Å². The molecule has 1 aromatic carbocycles. The minimum Gasteiger partial charge on any atom is -0.494 e. The predicted octanol–water partition coefficient (Wildman–Crippen LogP) is 0.731. The maximum atomic E-state index is 8.57. The average molecular weight is 163 g/mol. The number of nitrogens with zero attached hydrogens (tertiary/aromatic N) is 1. The van der Waals surface area contributed by atoms with Crippen LogP contribution in [0.15, 0.2) is 12.1 Å². The number of hydrogen-bond acceptors (Lipinski definition) is 4. The maximum Gasteiger partial charge on any atom is 0.145 e. The monoisotopic (exact) mass is 163 g/mol. The normalized spacial score (nSPS) is 9.00. The molecule has 0 bridgehead atoms. The molecule has 1 aromatic rings. The number of nitrogens with two attached hydrogens (primary N) is 2. The first-order valence-electron chi connectivity index (χ1n) is 3.32. The number of nitrogen functional groups attached to an aromatic ring is 2. The van der Waals surface area contributed by atoms with Gasteiger partial charge in [-0.1, -0.05) is 0 Å². The molecule has 0 heterocycles. The van der Waals surface area contributed by atoms with Crippen molar-refractivity contribution in [2.45, 2.75) is 0 Å². The van der Waals surface area contributed by atoms with Crippen molar-refractivity contribution < 1.29 is 4.74 Å². The Hall–Kier alpha value is -1.89. The van der Waals surface area contributed by atoms with Crippen molar-refractivity contribution >= 4 is 11.4 Å². The first-order valence-corrected chi connectivity index (χ1v) is 3.32. The molecule has 0 radical (unpaired) electrons. The number of anilines is 2. The van der Waals surface area contributed by atoms with E-state index in [1.54, 1.807) is 6.07 Å². The number of hydrogen-bond donors (Lipinski definition) is 2. The molecule has 4 N–H and O–H groups in total. The highest BCUT2D eigenvalue weighted by Crippen LogP contribution is 2.28. The Morgan fingerprint density at radius 3 is 2.58 bits per heavy atom. The van der Waals surface area contributed by atoms with E-state index in [0.717, 1.165) is 0 Å². The Morgan fingerprint density at radius 1 is 1.42 bits per heavy atom. The van der Waals surface area contributed by atoms with Crippen LogP contribution in [0, 0.1) is 11.3 Å². The Labute approximate surface area is 70.3 Å². The largest absolute Gasteiger partial charge is 0.494 e. The Balaban J connectivity index is 3.31. The molecule has 0 unspecified atom stereocenters. The van der Waals surface area contributed by atoms with Crippen LogP contribution in [0.1, 0.15) is 5.56 Å². The Kier molecular flexibility index (Phi) is 2.06. The summed E-state index contributed by atoms with van der Waals surface area (Å²) in [6.45, 7) is 0. The summed E-state index contributed by atoms with van der Waals surface area (Å²) < 4.78 is 4.91. The van der Waals surface area contributed by atoms with E-state index in [4.69, 9.17) is 21.5 Å². The quantitative estimate of drug-likeness (QED) is 0.597. The number of rotatable bonds is 1. The molecule has 0 saturated heterocycles. The number of nitriles is 1. The highest BCUT2D eigenvalue weighted by molar-refractivity contribution is 5.73. The third kappa shape index (κ3) is 1.25. The van der Waals surface area contributed by atoms with Gasteiger partial charge in [-0.15, -0.1) is 0 Å². The third-order valence-corrected chi connectivity index (χ3v) is 1.52. The van der Waals surface area contributed by atoms with Crippen LogP contribution in [-0.4, -0.2) is 7.11 Å². The lowest BCUT2D eigenvalue weighted by Crippen LogP contribution is -1.98. The van der Waals surface area contributed by atoms with Gasteiger partial charge in [-0.3, -0.25) is 0 Å². The van der Waals surface area contributed by atoms with Crippen molar-refractivity contribution in [3.63, 3.8) is 0 Å². The summed E-state index contributed by atoms with van der Waals surface area (Å²) in [4.78, 5) is 0. The highest BCUT2D eigenvalue weighted by atomic mass is 16.5. The Bertz CT molecular complexity index is 341. The highest BCUT2D eigenvalue weighted by Gasteiger charge is 2.04. The summed E-state index contributed by atoms with van der Waals surface area (Å²) in [5.41, 5.74) is 12.3. The van der Waals surface area contributed by atoms with E-state index < -0.39 is 0 Å². The fourth-order valence-corrected chi connectivity index (χ4v) is 0.882. The molecule has 1 rings (SSSR count). The van der Waals surface area contributed by atoms with Gasteiger partial charge >= 0.3 is 0 Å². The molecule has 0 aliphatic heterocycles. The van der Waals surface area contributed by atoms with E-state index in [9.17, 15) is 0 Å². The van der Waals surface area contributed by atoms with Gasteiger partial charge in [-0.25, -0.2) is 0 Å². The van der Waals surface area contributed by atoms with Crippen molar-refractivity contribution in [1.82, 2.24) is 0 Å². The van der Waals surface area contributed by atoms with E-state index in [2.05, 4.69) is 0 Å². The molecular weight excluding hydrogens is 154 g/mol. The van der Waals surface area contributed by atoms with Crippen LogP contribution in [0.4, 0.5) is 11.4 Å². The van der Waals surface area contributed by atoms with Crippen LogP contribution in [0.3, 0.4) is 0 Å². The second kappa shape index (κ2) is 3.01. The fourth-order valence-electron chi connectivity index (χ4n) is 0.882. The summed E-state index contributed by atoms with van der Waals surface area (Å²) in [7, 11) is 1.48. The zero-order chi connectivity index (χ0) is 9.14. The molecule has 4 nitrogen and oxygen atoms in total. The molecule has 0 atom stereocenters. The molecule has 12 heavy (non-hydrogen) atoms. The number of benzene rings is 1. The van der Waals surface area contributed by atoms with Gasteiger partial charge in [0.15, 0.2) is 0 Å². The molecule has 0 fully saturated rings. The van der Waals surface area contributed by atoms with E-state index in [1.165, 1.54) is 13.2 Å². The zero-order valence-corrected chi connectivity index (χ0v) is 6.66. The Morgan fingerprint density at radius 2 is 2.08 bits per heavy atom. The minimum absolute atomic E-state index is 0.367. The van der Waals surface area contributed by atoms with Crippen molar-refractivity contribution in [1.29, 1.82) is 5.26 Å². The van der Waals surface area contributed by atoms with Gasteiger partial charge in [-0.05, 0) is 6.07 Å². The smallest absolute Gasteiger partial charge is 0.145 e. The van der Waals surface area contributed by atoms with Crippen LogP contribution in [0.2, 0.25) is 0 Å². The van der Waals surface area contributed by atoms with Crippen molar-refractivity contribution in [2.24, 2.45) is 0 Å². The zero-order valence-electron chi connectivity index (χ0n) is 6.66. The number of ether oxygens (including phenoxy) is 1. The molecule has 0 aliphatic carbocycles. The second-order valence-corrected chi connectivity index (χ2v) is 2.29. The summed E-state index contributed by atoms with van der Waals surface area (Å²) in [5.74, 6) is 0.437. The van der Waals surface area contributed by atoms with Crippen LogP contribution < -0.4 is 16.2 Å². The van der Waals surface area contributed by atoms with E-state index in [1.807, 2.05) is 6.07 Å². The number of methoxy groups -OCH3 is 1. The standard InChI is InChI=1S/C8H9N3O/c1-12-7-3-5(4-9)2-6(10)8(7)11/h2-3H,10-11H2,1H3. The summed E-state index contributed by atoms with van der Waals surface area (Å²) in [5, 5.41) is 8.57. The fraction of sp³-hybridized carbons (Fsp3) is 0.125. The SMILES string of the molecule is COc1cc(C#N)cc(N)c1N. The summed E-state index contributed by atoms with van der Waals surface area (Å²) in [6, 6.07) is 5.01. The molecule has 4 heteroatoms. The van der Waals surface area contributed by atoms with Crippen LogP contribution in [-0.2, 0) is 0 Å².